The second-order valence-electron chi connectivity index (χ2n) is 4.87. The van der Waals surface area contributed by atoms with Gasteiger partial charge in [0, 0.05) is 18.1 Å². The highest BCUT2D eigenvalue weighted by atomic mass is 35.5. The van der Waals surface area contributed by atoms with Gasteiger partial charge in [0.25, 0.3) is 0 Å². The molecule has 23 heavy (non-hydrogen) atoms. The van der Waals surface area contributed by atoms with Crippen LogP contribution in [0.2, 0.25) is 5.02 Å². The van der Waals surface area contributed by atoms with Gasteiger partial charge in [-0.3, -0.25) is 4.98 Å². The molecule has 0 fully saturated rings. The Bertz CT molecular complexity index is 796. The van der Waals surface area contributed by atoms with Gasteiger partial charge >= 0.3 is 0 Å². The number of nitrogens with zero attached hydrogens (tertiary/aromatic N) is 3. The molecule has 1 aromatic carbocycles. The van der Waals surface area contributed by atoms with Crippen LogP contribution in [0.4, 0.5) is 11.5 Å². The highest BCUT2D eigenvalue weighted by Crippen LogP contribution is 2.29. The van der Waals surface area contributed by atoms with Crippen molar-refractivity contribution in [2.45, 2.75) is 13.5 Å². The summed E-state index contributed by atoms with van der Waals surface area (Å²) in [6.45, 7) is 2.21. The van der Waals surface area contributed by atoms with Crippen LogP contribution in [0.5, 0.6) is 5.75 Å². The van der Waals surface area contributed by atoms with Crippen molar-refractivity contribution >= 4 is 23.1 Å². The van der Waals surface area contributed by atoms with E-state index in [1.807, 2.05) is 37.3 Å². The van der Waals surface area contributed by atoms with Crippen molar-refractivity contribution in [3.63, 3.8) is 0 Å². The highest BCUT2D eigenvalue weighted by molar-refractivity contribution is 6.32. The van der Waals surface area contributed by atoms with E-state index in [-0.39, 0.29) is 0 Å². The summed E-state index contributed by atoms with van der Waals surface area (Å²) in [5, 5.41) is 3.71. The number of rotatable bonds is 5. The Labute approximate surface area is 139 Å². The van der Waals surface area contributed by atoms with Gasteiger partial charge in [0.1, 0.15) is 24.0 Å². The zero-order valence-electron chi connectivity index (χ0n) is 12.5. The topological polar surface area (TPSA) is 59.9 Å². The molecule has 0 amide bonds. The van der Waals surface area contributed by atoms with E-state index in [1.165, 1.54) is 0 Å². The molecule has 0 spiro atoms. The minimum absolute atomic E-state index is 0.373. The zero-order chi connectivity index (χ0) is 16.1. The van der Waals surface area contributed by atoms with Crippen molar-refractivity contribution in [3.8, 4) is 5.75 Å². The molecule has 0 unspecified atom stereocenters. The predicted molar refractivity (Wildman–Crippen MR) is 90.1 cm³/mol. The van der Waals surface area contributed by atoms with E-state index < -0.39 is 0 Å². The van der Waals surface area contributed by atoms with Gasteiger partial charge in [0.05, 0.1) is 10.7 Å². The van der Waals surface area contributed by atoms with Crippen LogP contribution >= 0.6 is 11.6 Å². The third-order valence-corrected chi connectivity index (χ3v) is 3.38. The van der Waals surface area contributed by atoms with E-state index in [0.717, 1.165) is 17.2 Å². The van der Waals surface area contributed by atoms with Gasteiger partial charge in [0.2, 0.25) is 0 Å². The Morgan fingerprint density at radius 2 is 2.00 bits per heavy atom. The summed E-state index contributed by atoms with van der Waals surface area (Å²) in [5.41, 5.74) is 1.68. The van der Waals surface area contributed by atoms with Crippen LogP contribution in [0.3, 0.4) is 0 Å². The normalized spacial score (nSPS) is 10.3. The lowest BCUT2D eigenvalue weighted by Crippen LogP contribution is -1.99. The van der Waals surface area contributed by atoms with Gasteiger partial charge in [-0.2, -0.15) is 0 Å². The summed E-state index contributed by atoms with van der Waals surface area (Å²) in [4.78, 5) is 12.6. The maximum absolute atomic E-state index is 6.27. The molecule has 116 valence electrons. The fraction of sp³-hybridized carbons (Fsp3) is 0.118. The van der Waals surface area contributed by atoms with Crippen molar-refractivity contribution < 1.29 is 4.74 Å². The summed E-state index contributed by atoms with van der Waals surface area (Å²) in [6.07, 6.45) is 3.44. The van der Waals surface area contributed by atoms with Gasteiger partial charge in [-0.15, -0.1) is 0 Å². The second-order valence-corrected chi connectivity index (χ2v) is 5.28. The van der Waals surface area contributed by atoms with Gasteiger partial charge in [-0.1, -0.05) is 17.7 Å². The average Bonchev–Trinajstić information content (AvgIpc) is 2.55. The molecule has 3 rings (SSSR count). The third-order valence-electron chi connectivity index (χ3n) is 3.08. The molecule has 2 heterocycles. The number of hydrogen-bond acceptors (Lipinski definition) is 5. The molecule has 0 aliphatic rings. The number of pyridine rings is 1. The molecule has 0 bridgehead atoms. The van der Waals surface area contributed by atoms with Gasteiger partial charge in [-0.05, 0) is 43.3 Å². The van der Waals surface area contributed by atoms with Crippen molar-refractivity contribution in [1.82, 2.24) is 15.0 Å². The van der Waals surface area contributed by atoms with Gasteiger partial charge in [-0.25, -0.2) is 9.97 Å². The van der Waals surface area contributed by atoms with Gasteiger partial charge < -0.3 is 10.1 Å². The van der Waals surface area contributed by atoms with Crippen LogP contribution in [0.25, 0.3) is 0 Å². The average molecular weight is 327 g/mol. The highest BCUT2D eigenvalue weighted by Gasteiger charge is 2.05. The van der Waals surface area contributed by atoms with Crippen molar-refractivity contribution in [1.29, 1.82) is 0 Å². The molecule has 0 aliphatic carbocycles. The summed E-state index contributed by atoms with van der Waals surface area (Å²) in [7, 11) is 0. The van der Waals surface area contributed by atoms with Crippen LogP contribution in [0, 0.1) is 6.92 Å². The van der Waals surface area contributed by atoms with Gasteiger partial charge in [0.15, 0.2) is 0 Å². The molecule has 1 N–H and O–H groups in total. The first-order valence-electron chi connectivity index (χ1n) is 7.09. The number of hydrogen-bond donors (Lipinski definition) is 1. The quantitative estimate of drug-likeness (QED) is 0.763. The van der Waals surface area contributed by atoms with Crippen molar-refractivity contribution in [2.24, 2.45) is 0 Å². The monoisotopic (exact) mass is 326 g/mol. The third kappa shape index (κ3) is 4.17. The number of ether oxygens (including phenoxy) is 1. The SMILES string of the molecule is Cc1nccc(Nc2ccc(OCc3ccccn3)c(Cl)c2)n1. The van der Waals surface area contributed by atoms with E-state index >= 15 is 0 Å². The number of aromatic nitrogens is 3. The Kier molecular flexibility index (Phi) is 4.68. The summed E-state index contributed by atoms with van der Waals surface area (Å²) >= 11 is 6.27. The number of halogens is 1. The Morgan fingerprint density at radius 1 is 1.09 bits per heavy atom. The predicted octanol–water partition coefficient (Wildman–Crippen LogP) is 4.16. The maximum Gasteiger partial charge on any atom is 0.138 e. The fourth-order valence-electron chi connectivity index (χ4n) is 2.00. The molecular weight excluding hydrogens is 312 g/mol. The molecule has 0 atom stereocenters. The molecule has 0 aliphatic heterocycles. The molecule has 0 saturated heterocycles. The van der Waals surface area contributed by atoms with E-state index in [1.54, 1.807) is 24.5 Å². The standard InChI is InChI=1S/C17H15ClN4O/c1-12-19-9-7-17(21-12)22-13-5-6-16(15(18)10-13)23-11-14-4-2-3-8-20-14/h2-10H,11H2,1H3,(H,19,21,22). The van der Waals surface area contributed by atoms with Crippen LogP contribution in [-0.4, -0.2) is 15.0 Å². The molecule has 2 aromatic heterocycles. The van der Waals surface area contributed by atoms with Crippen LogP contribution < -0.4 is 10.1 Å². The summed E-state index contributed by atoms with van der Waals surface area (Å²) in [5.74, 6) is 2.04. The molecule has 3 aromatic rings. The zero-order valence-corrected chi connectivity index (χ0v) is 13.3. The molecule has 6 heteroatoms. The molecule has 0 radical (unpaired) electrons. The van der Waals surface area contributed by atoms with E-state index in [0.29, 0.717) is 23.2 Å². The first kappa shape index (κ1) is 15.2. The molecule has 5 nitrogen and oxygen atoms in total. The lowest BCUT2D eigenvalue weighted by molar-refractivity contribution is 0.301. The van der Waals surface area contributed by atoms with Crippen LogP contribution in [0.15, 0.2) is 54.9 Å². The number of benzene rings is 1. The maximum atomic E-state index is 6.27. The van der Waals surface area contributed by atoms with Crippen molar-refractivity contribution in [3.05, 3.63) is 71.4 Å². The first-order chi connectivity index (χ1) is 11.2. The van der Waals surface area contributed by atoms with Crippen LogP contribution in [-0.2, 0) is 6.61 Å². The Morgan fingerprint density at radius 3 is 2.74 bits per heavy atom. The number of aryl methyl sites for hydroxylation is 1. The lowest BCUT2D eigenvalue weighted by atomic mass is 10.3. The first-order valence-corrected chi connectivity index (χ1v) is 7.47. The Balaban J connectivity index is 1.68. The van der Waals surface area contributed by atoms with Crippen LogP contribution in [0.1, 0.15) is 11.5 Å². The largest absolute Gasteiger partial charge is 0.486 e. The molecule has 0 saturated carbocycles. The number of nitrogens with one attached hydrogen (secondary N) is 1. The minimum Gasteiger partial charge on any atom is -0.486 e. The Hall–Kier alpha value is -2.66. The summed E-state index contributed by atoms with van der Waals surface area (Å²) in [6, 6.07) is 13.0. The molecular formula is C17H15ClN4O. The van der Waals surface area contributed by atoms with E-state index in [2.05, 4.69) is 20.3 Å². The smallest absolute Gasteiger partial charge is 0.138 e. The van der Waals surface area contributed by atoms with E-state index in [9.17, 15) is 0 Å². The minimum atomic E-state index is 0.373. The van der Waals surface area contributed by atoms with E-state index in [4.69, 9.17) is 16.3 Å². The lowest BCUT2D eigenvalue weighted by Gasteiger charge is -2.10. The fourth-order valence-corrected chi connectivity index (χ4v) is 2.24. The summed E-state index contributed by atoms with van der Waals surface area (Å²) < 4.78 is 5.70. The number of anilines is 2. The second kappa shape index (κ2) is 7.07. The van der Waals surface area contributed by atoms with Crippen molar-refractivity contribution in [2.75, 3.05) is 5.32 Å².